The fraction of sp³-hybridized carbons (Fsp3) is 0.200. The second-order valence-electron chi connectivity index (χ2n) is 3.02. The van der Waals surface area contributed by atoms with Crippen molar-refractivity contribution in [1.29, 1.82) is 5.26 Å². The molecular formula is C10H9ClN2OS. The highest BCUT2D eigenvalue weighted by atomic mass is 35.5. The maximum Gasteiger partial charge on any atom is 0.264 e. The van der Waals surface area contributed by atoms with E-state index in [4.69, 9.17) is 33.8 Å². The number of ether oxygens (including phenoxy) is 1. The van der Waals surface area contributed by atoms with E-state index in [-0.39, 0.29) is 0 Å². The zero-order valence-corrected chi connectivity index (χ0v) is 9.89. The van der Waals surface area contributed by atoms with E-state index in [9.17, 15) is 0 Å². The molecule has 5 heteroatoms. The Morgan fingerprint density at radius 3 is 2.73 bits per heavy atom. The van der Waals surface area contributed by atoms with Crippen molar-refractivity contribution in [3.05, 3.63) is 28.8 Å². The fourth-order valence-corrected chi connectivity index (χ4v) is 1.10. The molecular weight excluding hydrogens is 232 g/mol. The van der Waals surface area contributed by atoms with E-state index >= 15 is 0 Å². The first-order chi connectivity index (χ1) is 7.04. The highest BCUT2D eigenvalue weighted by Crippen LogP contribution is 2.21. The van der Waals surface area contributed by atoms with Crippen LogP contribution in [0.5, 0.6) is 5.75 Å². The molecule has 0 aliphatic carbocycles. The quantitative estimate of drug-likeness (QED) is 0.707. The summed E-state index contributed by atoms with van der Waals surface area (Å²) in [5.41, 5.74) is 0.371. The molecule has 15 heavy (non-hydrogen) atoms. The summed E-state index contributed by atoms with van der Waals surface area (Å²) in [6, 6.07) is 6.79. The summed E-state index contributed by atoms with van der Waals surface area (Å²) in [5.74, 6) is 0.509. The van der Waals surface area contributed by atoms with E-state index < -0.39 is 0 Å². The van der Waals surface area contributed by atoms with Crippen LogP contribution in [0.4, 0.5) is 0 Å². The van der Waals surface area contributed by atoms with Crippen LogP contribution in [0.3, 0.4) is 0 Å². The van der Waals surface area contributed by atoms with E-state index in [1.807, 2.05) is 6.07 Å². The first-order valence-corrected chi connectivity index (χ1v) is 4.92. The molecule has 0 N–H and O–H groups in total. The monoisotopic (exact) mass is 240 g/mol. The number of nitriles is 1. The van der Waals surface area contributed by atoms with Crippen LogP contribution in [0.2, 0.25) is 5.02 Å². The van der Waals surface area contributed by atoms with Gasteiger partial charge in [-0.15, -0.1) is 0 Å². The van der Waals surface area contributed by atoms with Crippen molar-refractivity contribution >= 4 is 29.0 Å². The lowest BCUT2D eigenvalue weighted by molar-refractivity contribution is 0.449. The van der Waals surface area contributed by atoms with E-state index in [1.165, 1.54) is 0 Å². The summed E-state index contributed by atoms with van der Waals surface area (Å²) in [5, 5.41) is 9.49. The summed E-state index contributed by atoms with van der Waals surface area (Å²) in [4.78, 5) is 1.66. The van der Waals surface area contributed by atoms with Gasteiger partial charge in [0.15, 0.2) is 0 Å². The van der Waals surface area contributed by atoms with E-state index in [2.05, 4.69) is 0 Å². The molecule has 0 bridgehead atoms. The van der Waals surface area contributed by atoms with Crippen molar-refractivity contribution in [1.82, 2.24) is 4.90 Å². The Hall–Kier alpha value is -1.31. The van der Waals surface area contributed by atoms with Crippen molar-refractivity contribution in [2.75, 3.05) is 14.1 Å². The average Bonchev–Trinajstić information content (AvgIpc) is 2.20. The predicted octanol–water partition coefficient (Wildman–Crippen LogP) is 2.44. The molecule has 3 nitrogen and oxygen atoms in total. The summed E-state index contributed by atoms with van der Waals surface area (Å²) < 4.78 is 5.32. The third kappa shape index (κ3) is 3.08. The Morgan fingerprint density at radius 1 is 1.53 bits per heavy atom. The molecule has 1 aromatic rings. The number of hydrogen-bond acceptors (Lipinski definition) is 3. The van der Waals surface area contributed by atoms with Gasteiger partial charge in [-0.1, -0.05) is 11.6 Å². The van der Waals surface area contributed by atoms with Crippen LogP contribution in [0, 0.1) is 11.3 Å². The molecule has 0 fully saturated rings. The van der Waals surface area contributed by atoms with Crippen LogP contribution < -0.4 is 4.74 Å². The van der Waals surface area contributed by atoms with Crippen LogP contribution in [0.25, 0.3) is 0 Å². The maximum atomic E-state index is 8.75. The minimum atomic E-state index is 0.334. The van der Waals surface area contributed by atoms with Crippen molar-refractivity contribution < 1.29 is 4.74 Å². The molecule has 0 spiro atoms. The van der Waals surface area contributed by atoms with Gasteiger partial charge in [-0.3, -0.25) is 0 Å². The molecule has 0 amide bonds. The summed E-state index contributed by atoms with van der Waals surface area (Å²) >= 11 is 10.7. The molecule has 1 rings (SSSR count). The van der Waals surface area contributed by atoms with E-state index in [0.717, 1.165) is 0 Å². The van der Waals surface area contributed by atoms with Gasteiger partial charge in [0, 0.05) is 20.2 Å². The van der Waals surface area contributed by atoms with Gasteiger partial charge in [0.25, 0.3) is 5.17 Å². The molecule has 78 valence electrons. The van der Waals surface area contributed by atoms with Crippen LogP contribution in [-0.4, -0.2) is 24.2 Å². The SMILES string of the molecule is CN(C)C(=S)Oc1ccc(Cl)c(C#N)c1. The van der Waals surface area contributed by atoms with Crippen LogP contribution in [0.1, 0.15) is 5.56 Å². The molecule has 0 aromatic heterocycles. The topological polar surface area (TPSA) is 36.3 Å². The van der Waals surface area contributed by atoms with Crippen molar-refractivity contribution in [2.24, 2.45) is 0 Å². The molecule has 0 saturated carbocycles. The molecule has 0 aliphatic rings. The number of thiocarbonyl (C=S) groups is 1. The third-order valence-corrected chi connectivity index (χ3v) is 2.41. The van der Waals surface area contributed by atoms with Gasteiger partial charge in [-0.2, -0.15) is 5.26 Å². The zero-order chi connectivity index (χ0) is 11.4. The van der Waals surface area contributed by atoms with Gasteiger partial charge in [-0.05, 0) is 24.4 Å². The molecule has 1 aromatic carbocycles. The Balaban J connectivity index is 2.89. The number of halogens is 1. The second kappa shape index (κ2) is 4.96. The standard InChI is InChI=1S/C10H9ClN2OS/c1-13(2)10(15)14-8-3-4-9(11)7(5-8)6-12/h3-5H,1-2H3. The number of benzene rings is 1. The largest absolute Gasteiger partial charge is 0.432 e. The van der Waals surface area contributed by atoms with Crippen LogP contribution in [0.15, 0.2) is 18.2 Å². The lowest BCUT2D eigenvalue weighted by Gasteiger charge is -2.14. The Bertz CT molecular complexity index is 426. The first kappa shape index (κ1) is 11.8. The molecule has 0 unspecified atom stereocenters. The fourth-order valence-electron chi connectivity index (χ4n) is 0.846. The lowest BCUT2D eigenvalue weighted by atomic mass is 10.2. The molecule has 0 atom stereocenters. The molecule has 0 saturated heterocycles. The third-order valence-electron chi connectivity index (χ3n) is 1.63. The van der Waals surface area contributed by atoms with Crippen molar-refractivity contribution in [2.45, 2.75) is 0 Å². The van der Waals surface area contributed by atoms with Crippen molar-refractivity contribution in [3.8, 4) is 11.8 Å². The van der Waals surface area contributed by atoms with Crippen LogP contribution >= 0.6 is 23.8 Å². The normalized spacial score (nSPS) is 9.20. The second-order valence-corrected chi connectivity index (χ2v) is 3.77. The minimum Gasteiger partial charge on any atom is -0.432 e. The Morgan fingerprint density at radius 2 is 2.20 bits per heavy atom. The Labute approximate surface area is 98.8 Å². The maximum absolute atomic E-state index is 8.75. The van der Waals surface area contributed by atoms with Gasteiger partial charge < -0.3 is 9.64 Å². The average molecular weight is 241 g/mol. The number of nitrogens with zero attached hydrogens (tertiary/aromatic N) is 2. The van der Waals surface area contributed by atoms with E-state index in [0.29, 0.717) is 21.5 Å². The number of rotatable bonds is 1. The molecule has 0 heterocycles. The number of hydrogen-bond donors (Lipinski definition) is 0. The summed E-state index contributed by atoms with van der Waals surface area (Å²) in [6.45, 7) is 0. The smallest absolute Gasteiger partial charge is 0.264 e. The summed E-state index contributed by atoms with van der Waals surface area (Å²) in [6.07, 6.45) is 0. The van der Waals surface area contributed by atoms with Gasteiger partial charge in [-0.25, -0.2) is 0 Å². The van der Waals surface area contributed by atoms with Crippen molar-refractivity contribution in [3.63, 3.8) is 0 Å². The van der Waals surface area contributed by atoms with Gasteiger partial charge in [0.1, 0.15) is 11.8 Å². The minimum absolute atomic E-state index is 0.334. The Kier molecular flexibility index (Phi) is 3.89. The zero-order valence-electron chi connectivity index (χ0n) is 8.32. The van der Waals surface area contributed by atoms with Gasteiger partial charge in [0.05, 0.1) is 10.6 Å². The molecule has 0 radical (unpaired) electrons. The van der Waals surface area contributed by atoms with Gasteiger partial charge >= 0.3 is 0 Å². The predicted molar refractivity (Wildman–Crippen MR) is 63.1 cm³/mol. The first-order valence-electron chi connectivity index (χ1n) is 4.13. The summed E-state index contributed by atoms with van der Waals surface area (Å²) in [7, 11) is 3.56. The highest BCUT2D eigenvalue weighted by molar-refractivity contribution is 7.80. The van der Waals surface area contributed by atoms with E-state index in [1.54, 1.807) is 37.2 Å². The van der Waals surface area contributed by atoms with Gasteiger partial charge in [0.2, 0.25) is 0 Å². The van der Waals surface area contributed by atoms with Crippen LogP contribution in [-0.2, 0) is 0 Å². The molecule has 0 aliphatic heterocycles. The lowest BCUT2D eigenvalue weighted by Crippen LogP contribution is -2.24. The highest BCUT2D eigenvalue weighted by Gasteiger charge is 2.05.